The maximum absolute atomic E-state index is 11.1. The van der Waals surface area contributed by atoms with Crippen LogP contribution in [0.25, 0.3) is 0 Å². The van der Waals surface area contributed by atoms with Gasteiger partial charge in [-0.25, -0.2) is 0 Å². The van der Waals surface area contributed by atoms with Crippen LogP contribution >= 0.6 is 35.7 Å². The molecule has 17 heavy (non-hydrogen) atoms. The molecule has 0 saturated carbocycles. The van der Waals surface area contributed by atoms with Crippen molar-refractivity contribution in [2.45, 2.75) is 0 Å². The predicted molar refractivity (Wildman–Crippen MR) is 81.6 cm³/mol. The summed E-state index contributed by atoms with van der Waals surface area (Å²) < 4.78 is 5.34. The van der Waals surface area contributed by atoms with Gasteiger partial charge in [0, 0.05) is 18.7 Å². The second kappa shape index (κ2) is 7.23. The first kappa shape index (κ1) is 14.8. The van der Waals surface area contributed by atoms with E-state index >= 15 is 0 Å². The van der Waals surface area contributed by atoms with E-state index in [0.29, 0.717) is 0 Å². The van der Waals surface area contributed by atoms with E-state index in [1.54, 1.807) is 23.9 Å². The van der Waals surface area contributed by atoms with Crippen molar-refractivity contribution in [3.8, 4) is 0 Å². The molecule has 2 rings (SSSR count). The number of carbonyl (C=O) groups is 1. The van der Waals surface area contributed by atoms with Crippen LogP contribution in [0.1, 0.15) is 0 Å². The molecule has 0 N–H and O–H groups in total. The van der Waals surface area contributed by atoms with E-state index in [2.05, 4.69) is 11.2 Å². The standard InChI is InChI=1S/C12H15NO2S.HI/c1-16-12(13-6-8-15-9-7-13)10-2-4-11(14)5-3-10;/h2-5H,6-9H2,1H3;1H. The van der Waals surface area contributed by atoms with Gasteiger partial charge in [-0.1, -0.05) is 0 Å². The normalized spacial score (nSPS) is 19.2. The number of hydrogen-bond acceptors (Lipinski definition) is 4. The summed E-state index contributed by atoms with van der Waals surface area (Å²) in [7, 11) is 0. The number of thioether (sulfide) groups is 1. The van der Waals surface area contributed by atoms with Gasteiger partial charge in [0.1, 0.15) is 0 Å². The lowest BCUT2D eigenvalue weighted by atomic mass is 10.1. The predicted octanol–water partition coefficient (Wildman–Crippen LogP) is 2.21. The second-order valence-corrected chi connectivity index (χ2v) is 4.43. The summed E-state index contributed by atoms with van der Waals surface area (Å²) in [4.78, 5) is 13.4. The minimum absolute atomic E-state index is 0. The minimum atomic E-state index is 0. The van der Waals surface area contributed by atoms with Crippen LogP contribution < -0.4 is 0 Å². The molecule has 1 fully saturated rings. The fourth-order valence-electron chi connectivity index (χ4n) is 1.79. The molecule has 0 aromatic carbocycles. The van der Waals surface area contributed by atoms with Crippen molar-refractivity contribution in [2.75, 3.05) is 32.6 Å². The van der Waals surface area contributed by atoms with Gasteiger partial charge in [0.15, 0.2) is 5.78 Å². The van der Waals surface area contributed by atoms with Gasteiger partial charge in [0.2, 0.25) is 0 Å². The van der Waals surface area contributed by atoms with Crippen LogP contribution in [0, 0.1) is 0 Å². The van der Waals surface area contributed by atoms with Crippen molar-refractivity contribution in [3.63, 3.8) is 0 Å². The van der Waals surface area contributed by atoms with E-state index < -0.39 is 0 Å². The van der Waals surface area contributed by atoms with Gasteiger partial charge in [-0.2, -0.15) is 0 Å². The maximum Gasteiger partial charge on any atom is 0.178 e. The molecule has 0 bridgehead atoms. The monoisotopic (exact) mass is 365 g/mol. The Morgan fingerprint density at radius 2 is 1.82 bits per heavy atom. The molecule has 94 valence electrons. The number of halogens is 1. The van der Waals surface area contributed by atoms with Crippen LogP contribution in [0.3, 0.4) is 0 Å². The number of ether oxygens (including phenoxy) is 1. The third-order valence-electron chi connectivity index (χ3n) is 2.59. The van der Waals surface area contributed by atoms with E-state index in [1.807, 2.05) is 12.2 Å². The van der Waals surface area contributed by atoms with Crippen LogP contribution in [-0.2, 0) is 9.53 Å². The summed E-state index contributed by atoms with van der Waals surface area (Å²) >= 11 is 1.72. The molecule has 0 amide bonds. The second-order valence-electron chi connectivity index (χ2n) is 3.63. The number of hydrogen-bond donors (Lipinski definition) is 0. The lowest BCUT2D eigenvalue weighted by Crippen LogP contribution is -2.35. The highest BCUT2D eigenvalue weighted by atomic mass is 127. The summed E-state index contributed by atoms with van der Waals surface area (Å²) in [5, 5.41) is 1.23. The molecule has 2 aliphatic rings. The molecule has 0 unspecified atom stereocenters. The average molecular weight is 365 g/mol. The number of rotatable bonds is 2. The Kier molecular flexibility index (Phi) is 6.29. The van der Waals surface area contributed by atoms with Crippen LogP contribution in [0.2, 0.25) is 0 Å². The molecule has 5 heteroatoms. The molecule has 0 aromatic heterocycles. The van der Waals surface area contributed by atoms with Crippen molar-refractivity contribution in [3.05, 3.63) is 34.9 Å². The first-order valence-electron chi connectivity index (χ1n) is 5.32. The first-order chi connectivity index (χ1) is 7.81. The summed E-state index contributed by atoms with van der Waals surface area (Å²) in [5.41, 5.74) is 1.12. The zero-order valence-corrected chi connectivity index (χ0v) is 12.9. The Hall–Kier alpha value is -0.270. The van der Waals surface area contributed by atoms with Gasteiger partial charge in [-0.15, -0.1) is 35.7 Å². The Balaban J connectivity index is 0.00000144. The molecule has 1 aliphatic carbocycles. The SMILES string of the molecule is CSC(=C1C=CC(=O)C=C1)N1CCOCC1.I. The summed E-state index contributed by atoms with van der Waals surface area (Å²) in [6.45, 7) is 3.41. The van der Waals surface area contributed by atoms with Crippen LogP contribution in [0.5, 0.6) is 0 Å². The first-order valence-corrected chi connectivity index (χ1v) is 6.55. The van der Waals surface area contributed by atoms with Crippen molar-refractivity contribution in [1.82, 2.24) is 4.90 Å². The Bertz CT molecular complexity index is 353. The molecule has 0 atom stereocenters. The van der Waals surface area contributed by atoms with Gasteiger partial charge < -0.3 is 9.64 Å². The fraction of sp³-hybridized carbons (Fsp3) is 0.417. The van der Waals surface area contributed by atoms with Crippen LogP contribution in [0.15, 0.2) is 34.9 Å². The Labute approximate surface area is 123 Å². The molecular formula is C12H16INO2S. The third kappa shape index (κ3) is 3.86. The molecule has 0 spiro atoms. The Morgan fingerprint density at radius 3 is 2.35 bits per heavy atom. The van der Waals surface area contributed by atoms with E-state index in [4.69, 9.17) is 4.74 Å². The van der Waals surface area contributed by atoms with E-state index in [0.717, 1.165) is 31.9 Å². The molecule has 3 nitrogen and oxygen atoms in total. The summed E-state index contributed by atoms with van der Waals surface area (Å²) in [5.74, 6) is 0.0613. The van der Waals surface area contributed by atoms with E-state index in [9.17, 15) is 4.79 Å². The minimum Gasteiger partial charge on any atom is -0.378 e. The van der Waals surface area contributed by atoms with Gasteiger partial charge in [-0.05, 0) is 30.6 Å². The van der Waals surface area contributed by atoms with Gasteiger partial charge >= 0.3 is 0 Å². The van der Waals surface area contributed by atoms with E-state index in [1.165, 1.54) is 5.03 Å². The lowest BCUT2D eigenvalue weighted by Gasteiger charge is -2.31. The highest BCUT2D eigenvalue weighted by Crippen LogP contribution is 2.25. The van der Waals surface area contributed by atoms with Crippen molar-refractivity contribution >= 4 is 41.5 Å². The maximum atomic E-state index is 11.1. The molecule has 0 aromatic rings. The quantitative estimate of drug-likeness (QED) is 0.702. The largest absolute Gasteiger partial charge is 0.378 e. The molecule has 0 radical (unpaired) electrons. The average Bonchev–Trinajstić information content (AvgIpc) is 2.34. The molecule has 1 aliphatic heterocycles. The number of carbonyl (C=O) groups excluding carboxylic acids is 1. The number of allylic oxidation sites excluding steroid dienone is 5. The van der Waals surface area contributed by atoms with Crippen molar-refractivity contribution in [1.29, 1.82) is 0 Å². The topological polar surface area (TPSA) is 29.5 Å². The van der Waals surface area contributed by atoms with Crippen molar-refractivity contribution in [2.24, 2.45) is 0 Å². The third-order valence-corrected chi connectivity index (χ3v) is 3.47. The number of ketones is 1. The van der Waals surface area contributed by atoms with Crippen molar-refractivity contribution < 1.29 is 9.53 Å². The highest BCUT2D eigenvalue weighted by molar-refractivity contribution is 14.0. The summed E-state index contributed by atoms with van der Waals surface area (Å²) in [6.07, 6.45) is 9.08. The fourth-order valence-corrected chi connectivity index (χ4v) is 2.61. The number of nitrogens with zero attached hydrogens (tertiary/aromatic N) is 1. The highest BCUT2D eigenvalue weighted by Gasteiger charge is 2.16. The van der Waals surface area contributed by atoms with Gasteiger partial charge in [0.25, 0.3) is 0 Å². The molecule has 1 heterocycles. The summed E-state index contributed by atoms with van der Waals surface area (Å²) in [6, 6.07) is 0. The lowest BCUT2D eigenvalue weighted by molar-refractivity contribution is -0.110. The number of morpholine rings is 1. The molecule has 1 saturated heterocycles. The van der Waals surface area contributed by atoms with Gasteiger partial charge in [0.05, 0.1) is 18.2 Å². The van der Waals surface area contributed by atoms with E-state index in [-0.39, 0.29) is 29.8 Å². The zero-order valence-electron chi connectivity index (χ0n) is 9.72. The zero-order chi connectivity index (χ0) is 11.4. The molecular weight excluding hydrogens is 349 g/mol. The van der Waals surface area contributed by atoms with Gasteiger partial charge in [-0.3, -0.25) is 4.79 Å². The Morgan fingerprint density at radius 1 is 1.24 bits per heavy atom. The smallest absolute Gasteiger partial charge is 0.178 e. The van der Waals surface area contributed by atoms with Crippen LogP contribution in [0.4, 0.5) is 0 Å². The van der Waals surface area contributed by atoms with Crippen LogP contribution in [-0.4, -0.2) is 43.2 Å².